The molecule has 0 radical (unpaired) electrons. The van der Waals surface area contributed by atoms with Crippen LogP contribution in [-0.2, 0) is 13.6 Å². The number of rotatable bonds is 3. The fraction of sp³-hybridized carbons (Fsp3) is 0.389. The Hall–Kier alpha value is -2.47. The molecule has 2 aromatic heterocycles. The maximum atomic E-state index is 4.56. The average Bonchev–Trinajstić information content (AvgIpc) is 3.01. The molecule has 0 unspecified atom stereocenters. The molecular formula is C18H22N6. The summed E-state index contributed by atoms with van der Waals surface area (Å²) in [5.74, 6) is 2.16. The van der Waals surface area contributed by atoms with Crippen LogP contribution in [0.4, 0.5) is 5.82 Å². The van der Waals surface area contributed by atoms with Crippen LogP contribution in [0.25, 0.3) is 10.9 Å². The molecule has 3 aromatic rings. The van der Waals surface area contributed by atoms with Crippen LogP contribution in [0.5, 0.6) is 0 Å². The van der Waals surface area contributed by atoms with Gasteiger partial charge in [0.2, 0.25) is 0 Å². The molecule has 1 fully saturated rings. The van der Waals surface area contributed by atoms with Crippen LogP contribution < -0.4 is 4.90 Å². The van der Waals surface area contributed by atoms with Crippen LogP contribution in [0.1, 0.15) is 12.7 Å². The molecule has 0 saturated carbocycles. The number of hydrogen-bond donors (Lipinski definition) is 0. The third-order valence-electron chi connectivity index (χ3n) is 4.85. The molecule has 4 rings (SSSR count). The summed E-state index contributed by atoms with van der Waals surface area (Å²) in [5.41, 5.74) is 1.01. The van der Waals surface area contributed by atoms with Crippen molar-refractivity contribution in [1.82, 2.24) is 24.4 Å². The first-order chi connectivity index (χ1) is 11.7. The SMILES string of the molecule is C[C@H]1CN(c2ncnc3ccccc23)CCN1Cc1nccn1C. The van der Waals surface area contributed by atoms with Gasteiger partial charge in [-0.05, 0) is 19.1 Å². The first kappa shape index (κ1) is 15.1. The molecule has 1 aliphatic heterocycles. The maximum absolute atomic E-state index is 4.56. The summed E-state index contributed by atoms with van der Waals surface area (Å²) in [7, 11) is 2.05. The Balaban J connectivity index is 1.53. The van der Waals surface area contributed by atoms with Crippen LogP contribution >= 0.6 is 0 Å². The highest BCUT2D eigenvalue weighted by Crippen LogP contribution is 2.25. The predicted octanol–water partition coefficient (Wildman–Crippen LogP) is 2.07. The van der Waals surface area contributed by atoms with E-state index in [0.717, 1.165) is 48.7 Å². The molecule has 1 aromatic carbocycles. The van der Waals surface area contributed by atoms with Gasteiger partial charge in [0.15, 0.2) is 0 Å². The highest BCUT2D eigenvalue weighted by atomic mass is 15.3. The van der Waals surface area contributed by atoms with Crippen molar-refractivity contribution in [3.63, 3.8) is 0 Å². The number of aryl methyl sites for hydroxylation is 1. The van der Waals surface area contributed by atoms with Crippen LogP contribution in [0.15, 0.2) is 43.0 Å². The molecule has 1 atom stereocenters. The Morgan fingerprint density at radius 3 is 2.79 bits per heavy atom. The van der Waals surface area contributed by atoms with E-state index in [-0.39, 0.29) is 0 Å². The van der Waals surface area contributed by atoms with Gasteiger partial charge in [-0.2, -0.15) is 0 Å². The predicted molar refractivity (Wildman–Crippen MR) is 94.8 cm³/mol. The topological polar surface area (TPSA) is 50.1 Å². The van der Waals surface area contributed by atoms with Gasteiger partial charge >= 0.3 is 0 Å². The van der Waals surface area contributed by atoms with Gasteiger partial charge in [0, 0.05) is 50.5 Å². The zero-order chi connectivity index (χ0) is 16.5. The lowest BCUT2D eigenvalue weighted by atomic mass is 10.1. The minimum absolute atomic E-state index is 0.448. The second kappa shape index (κ2) is 6.20. The van der Waals surface area contributed by atoms with E-state index in [9.17, 15) is 0 Å². The zero-order valence-electron chi connectivity index (χ0n) is 14.1. The number of piperazine rings is 1. The normalized spacial score (nSPS) is 19.1. The van der Waals surface area contributed by atoms with Gasteiger partial charge in [0.25, 0.3) is 0 Å². The lowest BCUT2D eigenvalue weighted by Crippen LogP contribution is -2.52. The molecule has 1 aliphatic rings. The first-order valence-electron chi connectivity index (χ1n) is 8.37. The van der Waals surface area contributed by atoms with E-state index in [1.54, 1.807) is 6.33 Å². The van der Waals surface area contributed by atoms with Gasteiger partial charge in [-0.1, -0.05) is 12.1 Å². The third kappa shape index (κ3) is 2.73. The van der Waals surface area contributed by atoms with Gasteiger partial charge in [-0.15, -0.1) is 0 Å². The van der Waals surface area contributed by atoms with Crippen LogP contribution in [0.3, 0.4) is 0 Å². The summed E-state index contributed by atoms with van der Waals surface area (Å²) in [6, 6.07) is 8.67. The van der Waals surface area contributed by atoms with Crippen LogP contribution in [0.2, 0.25) is 0 Å². The summed E-state index contributed by atoms with van der Waals surface area (Å²) in [6.07, 6.45) is 5.54. The molecule has 124 valence electrons. The van der Waals surface area contributed by atoms with E-state index in [2.05, 4.69) is 55.4 Å². The molecule has 0 bridgehead atoms. The van der Waals surface area contributed by atoms with Gasteiger partial charge in [0.05, 0.1) is 12.1 Å². The quantitative estimate of drug-likeness (QED) is 0.739. The van der Waals surface area contributed by atoms with Crippen molar-refractivity contribution in [1.29, 1.82) is 0 Å². The number of fused-ring (bicyclic) bond motifs is 1. The number of hydrogen-bond acceptors (Lipinski definition) is 5. The molecule has 24 heavy (non-hydrogen) atoms. The monoisotopic (exact) mass is 322 g/mol. The second-order valence-corrected chi connectivity index (χ2v) is 6.43. The Bertz CT molecular complexity index is 837. The number of anilines is 1. The van der Waals surface area contributed by atoms with Crippen LogP contribution in [-0.4, -0.2) is 50.1 Å². The van der Waals surface area contributed by atoms with Crippen molar-refractivity contribution in [2.45, 2.75) is 19.5 Å². The standard InChI is InChI=1S/C18H22N6/c1-14-11-24(10-9-23(14)12-17-19-7-8-22(17)2)18-15-5-3-4-6-16(15)20-13-21-18/h3-8,13-14H,9-12H2,1-2H3/t14-/m0/s1. The third-order valence-corrected chi connectivity index (χ3v) is 4.85. The number of nitrogens with zero attached hydrogens (tertiary/aromatic N) is 6. The summed E-state index contributed by atoms with van der Waals surface area (Å²) in [4.78, 5) is 18.2. The van der Waals surface area contributed by atoms with Gasteiger partial charge in [-0.25, -0.2) is 15.0 Å². The molecule has 3 heterocycles. The molecule has 1 saturated heterocycles. The number of imidazole rings is 1. The molecule has 0 spiro atoms. The molecule has 0 amide bonds. The molecule has 0 N–H and O–H groups in total. The van der Waals surface area contributed by atoms with Gasteiger partial charge in [0.1, 0.15) is 18.0 Å². The average molecular weight is 322 g/mol. The number of benzene rings is 1. The summed E-state index contributed by atoms with van der Waals surface area (Å²) >= 11 is 0. The van der Waals surface area contributed by atoms with E-state index in [1.807, 2.05) is 24.5 Å². The smallest absolute Gasteiger partial charge is 0.139 e. The number of aromatic nitrogens is 4. The van der Waals surface area contributed by atoms with Crippen molar-refractivity contribution in [2.24, 2.45) is 7.05 Å². The fourth-order valence-corrected chi connectivity index (χ4v) is 3.40. The Labute approximate surface area is 141 Å². The van der Waals surface area contributed by atoms with Gasteiger partial charge in [-0.3, -0.25) is 4.90 Å². The van der Waals surface area contributed by atoms with E-state index in [4.69, 9.17) is 0 Å². The van der Waals surface area contributed by atoms with Gasteiger partial charge < -0.3 is 9.47 Å². The molecular weight excluding hydrogens is 300 g/mol. The summed E-state index contributed by atoms with van der Waals surface area (Å²) < 4.78 is 2.09. The minimum atomic E-state index is 0.448. The molecule has 0 aliphatic carbocycles. The lowest BCUT2D eigenvalue weighted by molar-refractivity contribution is 0.175. The zero-order valence-corrected chi connectivity index (χ0v) is 14.1. The maximum Gasteiger partial charge on any atom is 0.139 e. The van der Waals surface area contributed by atoms with Crippen molar-refractivity contribution < 1.29 is 0 Å². The van der Waals surface area contributed by atoms with Crippen LogP contribution in [0, 0.1) is 0 Å². The fourth-order valence-electron chi connectivity index (χ4n) is 3.40. The van der Waals surface area contributed by atoms with Crippen molar-refractivity contribution in [3.05, 3.63) is 48.8 Å². The Kier molecular flexibility index (Phi) is 3.90. The highest BCUT2D eigenvalue weighted by molar-refractivity contribution is 5.89. The summed E-state index contributed by atoms with van der Waals surface area (Å²) in [6.45, 7) is 6.11. The van der Waals surface area contributed by atoms with E-state index in [1.165, 1.54) is 0 Å². The largest absolute Gasteiger partial charge is 0.353 e. The lowest BCUT2D eigenvalue weighted by Gasteiger charge is -2.40. The van der Waals surface area contributed by atoms with Crippen molar-refractivity contribution in [3.8, 4) is 0 Å². The number of para-hydroxylation sites is 1. The molecule has 6 heteroatoms. The second-order valence-electron chi connectivity index (χ2n) is 6.43. The highest BCUT2D eigenvalue weighted by Gasteiger charge is 2.26. The van der Waals surface area contributed by atoms with E-state index >= 15 is 0 Å². The summed E-state index contributed by atoms with van der Waals surface area (Å²) in [5, 5.41) is 1.13. The van der Waals surface area contributed by atoms with Crippen molar-refractivity contribution in [2.75, 3.05) is 24.5 Å². The minimum Gasteiger partial charge on any atom is -0.353 e. The Morgan fingerprint density at radius 2 is 2.00 bits per heavy atom. The van der Waals surface area contributed by atoms with E-state index < -0.39 is 0 Å². The van der Waals surface area contributed by atoms with E-state index in [0.29, 0.717) is 6.04 Å². The molecule has 6 nitrogen and oxygen atoms in total. The Morgan fingerprint density at radius 1 is 1.12 bits per heavy atom. The van der Waals surface area contributed by atoms with Crippen molar-refractivity contribution >= 4 is 16.7 Å². The first-order valence-corrected chi connectivity index (χ1v) is 8.37.